The summed E-state index contributed by atoms with van der Waals surface area (Å²) in [5, 5.41) is 11.7. The van der Waals surface area contributed by atoms with Crippen molar-refractivity contribution in [2.45, 2.75) is 69.8 Å². The van der Waals surface area contributed by atoms with Crippen LogP contribution in [0.5, 0.6) is 0 Å². The number of thioether (sulfide) groups is 1. The van der Waals surface area contributed by atoms with Gasteiger partial charge in [0.2, 0.25) is 12.2 Å². The SMILES string of the molecule is CC(C)[C@@H](C(=O)c1nnc(SCCNCc2ccccc2)o1)N(C=O)C1CCCCC1. The van der Waals surface area contributed by atoms with E-state index >= 15 is 0 Å². The van der Waals surface area contributed by atoms with Gasteiger partial charge in [0.15, 0.2) is 0 Å². The fraction of sp³-hybridized carbons (Fsp3) is 0.565. The van der Waals surface area contributed by atoms with Crippen LogP contribution in [0.4, 0.5) is 0 Å². The predicted molar refractivity (Wildman–Crippen MR) is 121 cm³/mol. The van der Waals surface area contributed by atoms with Crippen molar-refractivity contribution in [3.8, 4) is 0 Å². The summed E-state index contributed by atoms with van der Waals surface area (Å²) < 4.78 is 5.64. The van der Waals surface area contributed by atoms with Gasteiger partial charge in [-0.25, -0.2) is 0 Å². The molecule has 1 aromatic heterocycles. The summed E-state index contributed by atoms with van der Waals surface area (Å²) in [7, 11) is 0. The Morgan fingerprint density at radius 2 is 1.97 bits per heavy atom. The summed E-state index contributed by atoms with van der Waals surface area (Å²) in [5.41, 5.74) is 1.23. The Hall–Kier alpha value is -2.19. The van der Waals surface area contributed by atoms with E-state index in [4.69, 9.17) is 4.42 Å². The molecule has 2 aromatic rings. The number of ketones is 1. The molecule has 1 aliphatic rings. The molecule has 168 valence electrons. The third kappa shape index (κ3) is 6.64. The Kier molecular flexibility index (Phi) is 9.09. The molecule has 0 saturated heterocycles. The molecule has 7 nitrogen and oxygen atoms in total. The molecular weight excluding hydrogens is 412 g/mol. The van der Waals surface area contributed by atoms with Crippen LogP contribution in [0.15, 0.2) is 40.0 Å². The normalized spacial score (nSPS) is 15.7. The van der Waals surface area contributed by atoms with Crippen molar-refractivity contribution in [1.29, 1.82) is 0 Å². The molecule has 0 unspecified atom stereocenters. The number of Topliss-reactive ketones (excluding diaryl/α,β-unsaturated/α-hetero) is 1. The lowest BCUT2D eigenvalue weighted by molar-refractivity contribution is -0.123. The first-order valence-corrected chi connectivity index (χ1v) is 12.1. The second-order valence-electron chi connectivity index (χ2n) is 8.28. The van der Waals surface area contributed by atoms with Crippen molar-refractivity contribution in [3.05, 3.63) is 41.8 Å². The summed E-state index contributed by atoms with van der Waals surface area (Å²) in [6, 6.07) is 9.73. The van der Waals surface area contributed by atoms with Crippen molar-refractivity contribution in [2.24, 2.45) is 5.92 Å². The zero-order valence-electron chi connectivity index (χ0n) is 18.3. The van der Waals surface area contributed by atoms with Crippen LogP contribution in [-0.2, 0) is 11.3 Å². The quantitative estimate of drug-likeness (QED) is 0.229. The number of nitrogens with zero attached hydrogens (tertiary/aromatic N) is 3. The van der Waals surface area contributed by atoms with Gasteiger partial charge < -0.3 is 14.6 Å². The van der Waals surface area contributed by atoms with Gasteiger partial charge in [-0.15, -0.1) is 10.2 Å². The maximum absolute atomic E-state index is 13.2. The molecule has 1 heterocycles. The van der Waals surface area contributed by atoms with Crippen molar-refractivity contribution < 1.29 is 14.0 Å². The van der Waals surface area contributed by atoms with Gasteiger partial charge >= 0.3 is 0 Å². The lowest BCUT2D eigenvalue weighted by Gasteiger charge is -2.37. The van der Waals surface area contributed by atoms with Crippen LogP contribution in [0.3, 0.4) is 0 Å². The standard InChI is InChI=1S/C23H32N4O3S/c1-17(2)20(27(16-28)19-11-7-4-8-12-19)21(29)22-25-26-23(30-22)31-14-13-24-15-18-9-5-3-6-10-18/h3,5-6,9-10,16-17,19-20,24H,4,7-8,11-15H2,1-2H3/t20-/m0/s1. The monoisotopic (exact) mass is 444 g/mol. The minimum absolute atomic E-state index is 0.0129. The average molecular weight is 445 g/mol. The predicted octanol–water partition coefficient (Wildman–Crippen LogP) is 3.95. The second kappa shape index (κ2) is 12.0. The van der Waals surface area contributed by atoms with Crippen LogP contribution in [0.2, 0.25) is 0 Å². The van der Waals surface area contributed by atoms with Crippen molar-refractivity contribution >= 4 is 24.0 Å². The minimum atomic E-state index is -0.577. The number of hydrogen-bond acceptors (Lipinski definition) is 7. The van der Waals surface area contributed by atoms with Crippen LogP contribution in [-0.4, -0.2) is 51.7 Å². The third-order valence-electron chi connectivity index (χ3n) is 5.63. The Morgan fingerprint density at radius 1 is 1.23 bits per heavy atom. The molecule has 0 bridgehead atoms. The van der Waals surface area contributed by atoms with Crippen LogP contribution in [0.25, 0.3) is 0 Å². The molecule has 1 saturated carbocycles. The van der Waals surface area contributed by atoms with Gasteiger partial charge in [0.05, 0.1) is 0 Å². The Bertz CT molecular complexity index is 821. The molecule has 3 rings (SSSR count). The average Bonchev–Trinajstić information content (AvgIpc) is 3.27. The number of rotatable bonds is 12. The third-order valence-corrected chi connectivity index (χ3v) is 6.45. The largest absolute Gasteiger partial charge is 0.408 e. The lowest BCUT2D eigenvalue weighted by Crippen LogP contribution is -2.50. The summed E-state index contributed by atoms with van der Waals surface area (Å²) in [4.78, 5) is 26.7. The lowest BCUT2D eigenvalue weighted by atomic mass is 9.90. The van der Waals surface area contributed by atoms with E-state index in [1.807, 2.05) is 32.0 Å². The number of carbonyl (C=O) groups excluding carboxylic acids is 2. The molecule has 0 aliphatic heterocycles. The van der Waals surface area contributed by atoms with Crippen LogP contribution in [0.1, 0.15) is 62.2 Å². The molecule has 1 aliphatic carbocycles. The summed E-state index contributed by atoms with van der Waals surface area (Å²) >= 11 is 1.42. The fourth-order valence-electron chi connectivity index (χ4n) is 4.07. The van der Waals surface area contributed by atoms with E-state index in [0.29, 0.717) is 5.22 Å². The van der Waals surface area contributed by atoms with Crippen molar-refractivity contribution in [2.75, 3.05) is 12.3 Å². The van der Waals surface area contributed by atoms with Crippen LogP contribution < -0.4 is 5.32 Å². The summed E-state index contributed by atoms with van der Waals surface area (Å²) in [6.07, 6.45) is 6.07. The minimum Gasteiger partial charge on any atom is -0.408 e. The van der Waals surface area contributed by atoms with E-state index in [2.05, 4.69) is 27.6 Å². The van der Waals surface area contributed by atoms with Gasteiger partial charge in [-0.3, -0.25) is 9.59 Å². The van der Waals surface area contributed by atoms with Gasteiger partial charge in [-0.05, 0) is 24.3 Å². The van der Waals surface area contributed by atoms with Gasteiger partial charge in [0.1, 0.15) is 6.04 Å². The van der Waals surface area contributed by atoms with E-state index in [-0.39, 0.29) is 23.6 Å². The van der Waals surface area contributed by atoms with Crippen molar-refractivity contribution in [1.82, 2.24) is 20.4 Å². The van der Waals surface area contributed by atoms with Gasteiger partial charge in [0, 0.05) is 24.9 Å². The zero-order valence-corrected chi connectivity index (χ0v) is 19.1. The Balaban J connectivity index is 1.53. The van der Waals surface area contributed by atoms with Crippen LogP contribution in [0, 0.1) is 5.92 Å². The number of aromatic nitrogens is 2. The number of nitrogens with one attached hydrogen (secondary N) is 1. The van der Waals surface area contributed by atoms with E-state index < -0.39 is 6.04 Å². The summed E-state index contributed by atoms with van der Waals surface area (Å²) in [6.45, 7) is 5.48. The molecule has 0 radical (unpaired) electrons. The molecule has 1 N–H and O–H groups in total. The molecule has 1 aromatic carbocycles. The highest BCUT2D eigenvalue weighted by atomic mass is 32.2. The Labute approximate surface area is 188 Å². The zero-order chi connectivity index (χ0) is 22.1. The first-order chi connectivity index (χ1) is 15.1. The second-order valence-corrected chi connectivity index (χ2v) is 9.33. The van der Waals surface area contributed by atoms with Gasteiger partial charge in [0.25, 0.3) is 11.1 Å². The molecule has 1 fully saturated rings. The van der Waals surface area contributed by atoms with E-state index in [0.717, 1.165) is 50.9 Å². The molecular formula is C23H32N4O3S. The van der Waals surface area contributed by atoms with Crippen LogP contribution >= 0.6 is 11.8 Å². The topological polar surface area (TPSA) is 88.3 Å². The molecule has 1 amide bonds. The number of hydrogen-bond donors (Lipinski definition) is 1. The highest BCUT2D eigenvalue weighted by molar-refractivity contribution is 7.99. The smallest absolute Gasteiger partial charge is 0.286 e. The first kappa shape index (κ1) is 23.5. The molecule has 31 heavy (non-hydrogen) atoms. The van der Waals surface area contributed by atoms with Crippen molar-refractivity contribution in [3.63, 3.8) is 0 Å². The van der Waals surface area contributed by atoms with E-state index in [1.165, 1.54) is 23.7 Å². The maximum Gasteiger partial charge on any atom is 0.286 e. The molecule has 1 atom stereocenters. The first-order valence-electron chi connectivity index (χ1n) is 11.1. The number of benzene rings is 1. The highest BCUT2D eigenvalue weighted by Gasteiger charge is 2.36. The van der Waals surface area contributed by atoms with Gasteiger partial charge in [-0.1, -0.05) is 75.2 Å². The number of carbonyl (C=O) groups is 2. The number of amides is 1. The summed E-state index contributed by atoms with van der Waals surface area (Å²) in [5.74, 6) is 0.430. The molecule has 0 spiro atoms. The van der Waals surface area contributed by atoms with E-state index in [9.17, 15) is 9.59 Å². The maximum atomic E-state index is 13.2. The fourth-order valence-corrected chi connectivity index (χ4v) is 4.73. The van der Waals surface area contributed by atoms with Gasteiger partial charge in [-0.2, -0.15) is 0 Å². The molecule has 8 heteroatoms. The highest BCUT2D eigenvalue weighted by Crippen LogP contribution is 2.27. The Morgan fingerprint density at radius 3 is 2.65 bits per heavy atom. The van der Waals surface area contributed by atoms with E-state index in [1.54, 1.807) is 4.90 Å².